The molecule has 3 rings (SSSR count). The van der Waals surface area contributed by atoms with Crippen LogP contribution < -0.4 is 14.9 Å². The maximum absolute atomic E-state index is 12.2. The molecule has 10 heteroatoms. The normalized spacial score (nSPS) is 10.5. The molecule has 3 aromatic carbocycles. The first kappa shape index (κ1) is 22.6. The van der Waals surface area contributed by atoms with Crippen molar-refractivity contribution in [1.82, 2.24) is 5.43 Å². The molecule has 0 aliphatic carbocycles. The number of esters is 1. The number of hydrogen-bond acceptors (Lipinski definition) is 7. The summed E-state index contributed by atoms with van der Waals surface area (Å²) in [6.45, 7) is -0.306. The Bertz CT molecular complexity index is 1150. The van der Waals surface area contributed by atoms with Crippen LogP contribution >= 0.6 is 15.9 Å². The highest BCUT2D eigenvalue weighted by atomic mass is 79.9. The van der Waals surface area contributed by atoms with Crippen LogP contribution in [0, 0.1) is 10.1 Å². The summed E-state index contributed by atoms with van der Waals surface area (Å²) in [5.74, 6) is -0.289. The third-order valence-corrected chi connectivity index (χ3v) is 4.46. The number of carbonyl (C=O) groups is 2. The van der Waals surface area contributed by atoms with Crippen molar-refractivity contribution in [3.63, 3.8) is 0 Å². The number of nitrogens with one attached hydrogen (secondary N) is 1. The summed E-state index contributed by atoms with van der Waals surface area (Å²) >= 11 is 3.31. The number of carbonyl (C=O) groups excluding carboxylic acids is 2. The van der Waals surface area contributed by atoms with Crippen molar-refractivity contribution in [2.24, 2.45) is 5.10 Å². The van der Waals surface area contributed by atoms with Gasteiger partial charge in [-0.1, -0.05) is 22.0 Å². The SMILES string of the molecule is O=C(COc1ccc([N+](=O)[O-])cc1)NN=Cc1ccc(OC(=O)c2cccc(Br)c2)cc1. The maximum Gasteiger partial charge on any atom is 0.343 e. The number of halogens is 1. The van der Waals surface area contributed by atoms with Crippen molar-refractivity contribution < 1.29 is 24.0 Å². The van der Waals surface area contributed by atoms with E-state index in [1.807, 2.05) is 6.07 Å². The molecule has 3 aromatic rings. The molecular formula is C22H16BrN3O6. The largest absolute Gasteiger partial charge is 0.484 e. The standard InChI is InChI=1S/C22H16BrN3O6/c23-17-3-1-2-16(12-17)22(28)32-20-8-4-15(5-9-20)13-24-25-21(27)14-31-19-10-6-18(7-11-19)26(29)30/h1-13H,14H2,(H,25,27). The van der Waals surface area contributed by atoms with Crippen LogP contribution in [0.2, 0.25) is 0 Å². The minimum Gasteiger partial charge on any atom is -0.484 e. The van der Waals surface area contributed by atoms with Crippen LogP contribution in [0.3, 0.4) is 0 Å². The van der Waals surface area contributed by atoms with Gasteiger partial charge >= 0.3 is 5.97 Å². The fraction of sp³-hybridized carbons (Fsp3) is 0.0455. The van der Waals surface area contributed by atoms with Crippen LogP contribution in [0.25, 0.3) is 0 Å². The summed E-state index contributed by atoms with van der Waals surface area (Å²) in [5.41, 5.74) is 3.33. The Hall–Kier alpha value is -4.05. The van der Waals surface area contributed by atoms with E-state index in [0.29, 0.717) is 22.6 Å². The van der Waals surface area contributed by atoms with Crippen LogP contribution in [0.5, 0.6) is 11.5 Å². The fourth-order valence-electron chi connectivity index (χ4n) is 2.43. The molecule has 162 valence electrons. The van der Waals surface area contributed by atoms with E-state index in [9.17, 15) is 19.7 Å². The van der Waals surface area contributed by atoms with Crippen molar-refractivity contribution in [2.45, 2.75) is 0 Å². The number of nitro groups is 1. The molecular weight excluding hydrogens is 482 g/mol. The minimum atomic E-state index is -0.524. The highest BCUT2D eigenvalue weighted by molar-refractivity contribution is 9.10. The number of amides is 1. The molecule has 0 spiro atoms. The molecule has 0 aromatic heterocycles. The molecule has 32 heavy (non-hydrogen) atoms. The number of nitrogens with zero attached hydrogens (tertiary/aromatic N) is 2. The summed E-state index contributed by atoms with van der Waals surface area (Å²) in [4.78, 5) is 34.0. The molecule has 0 fully saturated rings. The molecule has 0 saturated heterocycles. The fourth-order valence-corrected chi connectivity index (χ4v) is 2.83. The molecule has 0 radical (unpaired) electrons. The molecule has 0 unspecified atom stereocenters. The zero-order valence-corrected chi connectivity index (χ0v) is 18.0. The van der Waals surface area contributed by atoms with Gasteiger partial charge in [-0.05, 0) is 60.2 Å². The second kappa shape index (κ2) is 10.8. The van der Waals surface area contributed by atoms with Gasteiger partial charge in [0.05, 0.1) is 16.7 Å². The molecule has 0 bridgehead atoms. The first-order chi connectivity index (χ1) is 15.4. The molecule has 0 atom stereocenters. The average Bonchev–Trinajstić information content (AvgIpc) is 2.79. The van der Waals surface area contributed by atoms with Crippen molar-refractivity contribution in [3.8, 4) is 11.5 Å². The Morgan fingerprint density at radius 1 is 1.03 bits per heavy atom. The summed E-state index contributed by atoms with van der Waals surface area (Å²) in [7, 11) is 0. The summed E-state index contributed by atoms with van der Waals surface area (Å²) < 4.78 is 11.3. The lowest BCUT2D eigenvalue weighted by Crippen LogP contribution is -2.24. The van der Waals surface area contributed by atoms with Crippen molar-refractivity contribution in [1.29, 1.82) is 0 Å². The lowest BCUT2D eigenvalue weighted by molar-refractivity contribution is -0.384. The van der Waals surface area contributed by atoms with Crippen molar-refractivity contribution >= 4 is 39.7 Å². The first-order valence-corrected chi connectivity index (χ1v) is 9.97. The van der Waals surface area contributed by atoms with Gasteiger partial charge in [-0.15, -0.1) is 0 Å². The number of hydrazone groups is 1. The van der Waals surface area contributed by atoms with Gasteiger partial charge in [-0.3, -0.25) is 14.9 Å². The van der Waals surface area contributed by atoms with Gasteiger partial charge in [-0.25, -0.2) is 10.2 Å². The van der Waals surface area contributed by atoms with E-state index in [1.165, 1.54) is 30.5 Å². The van der Waals surface area contributed by atoms with Gasteiger partial charge in [0, 0.05) is 16.6 Å². The van der Waals surface area contributed by atoms with E-state index in [4.69, 9.17) is 9.47 Å². The van der Waals surface area contributed by atoms with Gasteiger partial charge in [0.25, 0.3) is 11.6 Å². The quantitative estimate of drug-likeness (QED) is 0.164. The third kappa shape index (κ3) is 6.74. The van der Waals surface area contributed by atoms with Crippen LogP contribution in [-0.2, 0) is 4.79 Å². The van der Waals surface area contributed by atoms with Crippen LogP contribution in [0.15, 0.2) is 82.4 Å². The van der Waals surface area contributed by atoms with Crippen molar-refractivity contribution in [3.05, 3.63) is 98.5 Å². The van der Waals surface area contributed by atoms with Gasteiger partial charge in [0.2, 0.25) is 0 Å². The molecule has 0 aliphatic rings. The second-order valence-corrected chi connectivity index (χ2v) is 7.22. The van der Waals surface area contributed by atoms with Gasteiger partial charge in [0.15, 0.2) is 6.61 Å². The van der Waals surface area contributed by atoms with E-state index in [0.717, 1.165) is 4.47 Å². The van der Waals surface area contributed by atoms with Crippen LogP contribution in [0.4, 0.5) is 5.69 Å². The Morgan fingerprint density at radius 3 is 2.38 bits per heavy atom. The molecule has 1 amide bonds. The molecule has 0 saturated carbocycles. The van der Waals surface area contributed by atoms with E-state index >= 15 is 0 Å². The predicted molar refractivity (Wildman–Crippen MR) is 120 cm³/mol. The summed E-state index contributed by atoms with van der Waals surface area (Å²) in [6, 6.07) is 18.8. The maximum atomic E-state index is 12.2. The summed E-state index contributed by atoms with van der Waals surface area (Å²) in [6.07, 6.45) is 1.42. The van der Waals surface area contributed by atoms with Gasteiger partial charge in [0.1, 0.15) is 11.5 Å². The average molecular weight is 498 g/mol. The number of ether oxygens (including phenoxy) is 2. The number of rotatable bonds is 8. The lowest BCUT2D eigenvalue weighted by atomic mass is 10.2. The van der Waals surface area contributed by atoms with Crippen molar-refractivity contribution in [2.75, 3.05) is 6.61 Å². The Labute approximate surface area is 190 Å². The predicted octanol–water partition coefficient (Wildman–Crippen LogP) is 4.11. The van der Waals surface area contributed by atoms with Gasteiger partial charge < -0.3 is 9.47 Å². The lowest BCUT2D eigenvalue weighted by Gasteiger charge is -2.05. The van der Waals surface area contributed by atoms with Gasteiger partial charge in [-0.2, -0.15) is 5.10 Å². The highest BCUT2D eigenvalue weighted by Gasteiger charge is 2.09. The third-order valence-electron chi connectivity index (χ3n) is 3.97. The first-order valence-electron chi connectivity index (χ1n) is 9.18. The molecule has 9 nitrogen and oxygen atoms in total. The number of hydrogen-bond donors (Lipinski definition) is 1. The Kier molecular flexibility index (Phi) is 7.65. The molecule has 0 aliphatic heterocycles. The zero-order valence-electron chi connectivity index (χ0n) is 16.4. The van der Waals surface area contributed by atoms with E-state index < -0.39 is 16.8 Å². The van der Waals surface area contributed by atoms with Crippen LogP contribution in [0.1, 0.15) is 15.9 Å². The molecule has 0 heterocycles. The van der Waals surface area contributed by atoms with E-state index in [-0.39, 0.29) is 12.3 Å². The smallest absolute Gasteiger partial charge is 0.343 e. The Morgan fingerprint density at radius 2 is 1.72 bits per heavy atom. The highest BCUT2D eigenvalue weighted by Crippen LogP contribution is 2.18. The van der Waals surface area contributed by atoms with E-state index in [2.05, 4.69) is 26.5 Å². The molecule has 1 N–H and O–H groups in total. The Balaban J connectivity index is 1.45. The number of nitro benzene ring substituents is 1. The summed E-state index contributed by atoms with van der Waals surface area (Å²) in [5, 5.41) is 14.4. The zero-order chi connectivity index (χ0) is 22.9. The number of benzene rings is 3. The minimum absolute atomic E-state index is 0.0691. The second-order valence-electron chi connectivity index (χ2n) is 6.30. The van der Waals surface area contributed by atoms with E-state index in [1.54, 1.807) is 42.5 Å². The monoisotopic (exact) mass is 497 g/mol. The topological polar surface area (TPSA) is 120 Å². The number of non-ortho nitro benzene ring substituents is 1. The van der Waals surface area contributed by atoms with Crippen LogP contribution in [-0.4, -0.2) is 29.6 Å².